The fourth-order valence-corrected chi connectivity index (χ4v) is 2.56. The Hall–Kier alpha value is -2.70. The van der Waals surface area contributed by atoms with Gasteiger partial charge in [0.15, 0.2) is 5.78 Å². The van der Waals surface area contributed by atoms with Crippen molar-refractivity contribution in [1.82, 2.24) is 20.2 Å². The van der Waals surface area contributed by atoms with Gasteiger partial charge in [-0.25, -0.2) is 0 Å². The molecule has 0 saturated carbocycles. The van der Waals surface area contributed by atoms with E-state index in [4.69, 9.17) is 4.74 Å². The van der Waals surface area contributed by atoms with Gasteiger partial charge in [-0.1, -0.05) is 17.2 Å². The molecule has 1 aliphatic rings. The van der Waals surface area contributed by atoms with Gasteiger partial charge in [0.2, 0.25) is 5.95 Å². The Bertz CT molecular complexity index is 717. The van der Waals surface area contributed by atoms with Crippen LogP contribution in [0.4, 0.5) is 5.95 Å². The van der Waals surface area contributed by atoms with Crippen LogP contribution in [0.25, 0.3) is 0 Å². The van der Waals surface area contributed by atoms with Crippen molar-refractivity contribution in [3.63, 3.8) is 0 Å². The molecule has 0 fully saturated rings. The molecule has 21 heavy (non-hydrogen) atoms. The summed E-state index contributed by atoms with van der Waals surface area (Å²) in [6.07, 6.45) is 0. The van der Waals surface area contributed by atoms with Gasteiger partial charge in [-0.2, -0.15) is 4.68 Å². The van der Waals surface area contributed by atoms with Crippen molar-refractivity contribution in [3.8, 4) is 5.75 Å². The number of methoxy groups -OCH3 is 1. The molecular weight excluding hydrogens is 270 g/mol. The highest BCUT2D eigenvalue weighted by molar-refractivity contribution is 5.96. The Kier molecular flexibility index (Phi) is 3.17. The number of anilines is 1. The second-order valence-electron chi connectivity index (χ2n) is 4.84. The predicted molar refractivity (Wildman–Crippen MR) is 76.0 cm³/mol. The van der Waals surface area contributed by atoms with Gasteiger partial charge in [0.25, 0.3) is 0 Å². The number of nitrogens with one attached hydrogen (secondary N) is 1. The van der Waals surface area contributed by atoms with Crippen LogP contribution in [-0.4, -0.2) is 33.1 Å². The topological polar surface area (TPSA) is 81.9 Å². The maximum Gasteiger partial charge on any atom is 0.248 e. The Morgan fingerprint density at radius 3 is 2.67 bits per heavy atom. The minimum atomic E-state index is -0.334. The summed E-state index contributed by atoms with van der Waals surface area (Å²) in [5, 5.41) is 14.7. The van der Waals surface area contributed by atoms with E-state index in [1.165, 1.54) is 0 Å². The summed E-state index contributed by atoms with van der Waals surface area (Å²) >= 11 is 0. The molecule has 108 valence electrons. The zero-order valence-corrected chi connectivity index (χ0v) is 12.0. The molecule has 0 aliphatic carbocycles. The molecule has 3 rings (SSSR count). The number of carbonyl (C=O) groups is 1. The standard InChI is InChI=1S/C14H15N5O2/c1-8-12(9(2)20)13(19-14(15-8)16-17-18-19)10-4-6-11(21-3)7-5-10/h4-7,13H,1-3H3,(H,15,16,18)/t13-/m1/s1. The second-order valence-corrected chi connectivity index (χ2v) is 4.84. The molecule has 0 amide bonds. The van der Waals surface area contributed by atoms with Crippen molar-refractivity contribution in [3.05, 3.63) is 41.1 Å². The van der Waals surface area contributed by atoms with Crippen molar-refractivity contribution in [1.29, 1.82) is 0 Å². The fourth-order valence-electron chi connectivity index (χ4n) is 2.56. The number of benzene rings is 1. The SMILES string of the molecule is COc1ccc([C@@H]2C(C(C)=O)=C(C)Nc3nnnn32)cc1. The van der Waals surface area contributed by atoms with Gasteiger partial charge in [-0.05, 0) is 42.0 Å². The van der Waals surface area contributed by atoms with Crippen molar-refractivity contribution in [2.24, 2.45) is 0 Å². The van der Waals surface area contributed by atoms with Crippen LogP contribution < -0.4 is 10.1 Å². The average Bonchev–Trinajstić information content (AvgIpc) is 2.93. The van der Waals surface area contributed by atoms with Gasteiger partial charge in [0.05, 0.1) is 7.11 Å². The van der Waals surface area contributed by atoms with Gasteiger partial charge >= 0.3 is 0 Å². The van der Waals surface area contributed by atoms with E-state index in [-0.39, 0.29) is 11.8 Å². The average molecular weight is 285 g/mol. The number of ketones is 1. The lowest BCUT2D eigenvalue weighted by molar-refractivity contribution is -0.114. The van der Waals surface area contributed by atoms with E-state index in [0.717, 1.165) is 17.0 Å². The minimum absolute atomic E-state index is 0.0121. The normalized spacial score (nSPS) is 17.2. The zero-order valence-electron chi connectivity index (χ0n) is 12.0. The highest BCUT2D eigenvalue weighted by Crippen LogP contribution is 2.34. The number of hydrogen-bond donors (Lipinski definition) is 1. The molecule has 0 radical (unpaired) electrons. The van der Waals surface area contributed by atoms with Crippen molar-refractivity contribution >= 4 is 11.7 Å². The van der Waals surface area contributed by atoms with Crippen LogP contribution >= 0.6 is 0 Å². The number of tetrazole rings is 1. The predicted octanol–water partition coefficient (Wildman–Crippen LogP) is 1.56. The molecular formula is C14H15N5O2. The van der Waals surface area contributed by atoms with Crippen LogP contribution in [0.1, 0.15) is 25.5 Å². The third-order valence-electron chi connectivity index (χ3n) is 3.52. The number of aromatic nitrogens is 4. The monoisotopic (exact) mass is 285 g/mol. The lowest BCUT2D eigenvalue weighted by atomic mass is 9.93. The first-order valence-corrected chi connectivity index (χ1v) is 6.52. The van der Waals surface area contributed by atoms with Gasteiger partial charge in [-0.15, -0.1) is 0 Å². The highest BCUT2D eigenvalue weighted by Gasteiger charge is 2.32. The van der Waals surface area contributed by atoms with Gasteiger partial charge < -0.3 is 10.1 Å². The number of nitrogens with zero attached hydrogens (tertiary/aromatic N) is 4. The van der Waals surface area contributed by atoms with Crippen LogP contribution in [-0.2, 0) is 4.79 Å². The lowest BCUT2D eigenvalue weighted by Crippen LogP contribution is -2.27. The van der Waals surface area contributed by atoms with Crippen molar-refractivity contribution in [2.45, 2.75) is 19.9 Å². The highest BCUT2D eigenvalue weighted by atomic mass is 16.5. The molecule has 7 nitrogen and oxygen atoms in total. The summed E-state index contributed by atoms with van der Waals surface area (Å²) in [5.41, 5.74) is 2.35. The first kappa shape index (κ1) is 13.3. The van der Waals surface area contributed by atoms with Crippen LogP contribution in [0, 0.1) is 0 Å². The Morgan fingerprint density at radius 2 is 2.05 bits per heavy atom. The molecule has 0 unspecified atom stereocenters. The molecule has 0 spiro atoms. The maximum atomic E-state index is 12.0. The van der Waals surface area contributed by atoms with E-state index < -0.39 is 0 Å². The van der Waals surface area contributed by atoms with E-state index in [9.17, 15) is 4.79 Å². The lowest BCUT2D eigenvalue weighted by Gasteiger charge is -2.27. The van der Waals surface area contributed by atoms with E-state index in [1.807, 2.05) is 31.2 Å². The molecule has 1 aromatic carbocycles. The van der Waals surface area contributed by atoms with Crippen molar-refractivity contribution < 1.29 is 9.53 Å². The summed E-state index contributed by atoms with van der Waals surface area (Å²) in [6, 6.07) is 7.20. The Balaban J connectivity index is 2.14. The van der Waals surface area contributed by atoms with Gasteiger partial charge in [0, 0.05) is 11.3 Å². The molecule has 1 aromatic heterocycles. The molecule has 1 N–H and O–H groups in total. The van der Waals surface area contributed by atoms with Crippen LogP contribution in [0.2, 0.25) is 0 Å². The minimum Gasteiger partial charge on any atom is -0.497 e. The number of fused-ring (bicyclic) bond motifs is 1. The molecule has 0 saturated heterocycles. The summed E-state index contributed by atoms with van der Waals surface area (Å²) < 4.78 is 6.78. The van der Waals surface area contributed by atoms with Crippen LogP contribution in [0.3, 0.4) is 0 Å². The van der Waals surface area contributed by atoms with E-state index >= 15 is 0 Å². The first-order chi connectivity index (χ1) is 10.1. The smallest absolute Gasteiger partial charge is 0.248 e. The number of rotatable bonds is 3. The number of carbonyl (C=O) groups excluding carboxylic acids is 1. The maximum absolute atomic E-state index is 12.0. The van der Waals surface area contributed by atoms with Gasteiger partial charge in [0.1, 0.15) is 11.8 Å². The zero-order chi connectivity index (χ0) is 15.0. The molecule has 1 atom stereocenters. The number of allylic oxidation sites excluding steroid dienone is 2. The summed E-state index contributed by atoms with van der Waals surface area (Å²) in [5.74, 6) is 1.27. The number of Topliss-reactive ketones (excluding diaryl/α,β-unsaturated/α-hetero) is 1. The largest absolute Gasteiger partial charge is 0.497 e. The van der Waals surface area contributed by atoms with Crippen molar-refractivity contribution in [2.75, 3.05) is 12.4 Å². The number of ether oxygens (including phenoxy) is 1. The van der Waals surface area contributed by atoms with Crippen LogP contribution in [0.5, 0.6) is 5.75 Å². The molecule has 2 heterocycles. The molecule has 7 heteroatoms. The van der Waals surface area contributed by atoms with Gasteiger partial charge in [-0.3, -0.25) is 4.79 Å². The van der Waals surface area contributed by atoms with E-state index in [0.29, 0.717) is 11.5 Å². The fraction of sp³-hybridized carbons (Fsp3) is 0.286. The molecule has 1 aliphatic heterocycles. The van der Waals surface area contributed by atoms with E-state index in [1.54, 1.807) is 18.7 Å². The molecule has 2 aromatic rings. The first-order valence-electron chi connectivity index (χ1n) is 6.52. The summed E-state index contributed by atoms with van der Waals surface area (Å²) in [7, 11) is 1.62. The Morgan fingerprint density at radius 1 is 1.33 bits per heavy atom. The van der Waals surface area contributed by atoms with Crippen LogP contribution in [0.15, 0.2) is 35.5 Å². The summed E-state index contributed by atoms with van der Waals surface area (Å²) in [4.78, 5) is 12.0. The van der Waals surface area contributed by atoms with E-state index in [2.05, 4.69) is 20.8 Å². The third kappa shape index (κ3) is 2.16. The number of hydrogen-bond acceptors (Lipinski definition) is 6. The Labute approximate surface area is 121 Å². The summed E-state index contributed by atoms with van der Waals surface area (Å²) in [6.45, 7) is 3.40. The second kappa shape index (κ2) is 5.01. The third-order valence-corrected chi connectivity index (χ3v) is 3.52. The quantitative estimate of drug-likeness (QED) is 0.921. The molecule has 0 bridgehead atoms.